The van der Waals surface area contributed by atoms with Gasteiger partial charge in [-0.25, -0.2) is 0 Å². The van der Waals surface area contributed by atoms with E-state index in [1.807, 2.05) is 20.0 Å². The van der Waals surface area contributed by atoms with Crippen LogP contribution in [0.4, 0.5) is 5.69 Å². The van der Waals surface area contributed by atoms with Crippen LogP contribution >= 0.6 is 58.8 Å². The third-order valence-corrected chi connectivity index (χ3v) is 5.31. The molecule has 0 saturated heterocycles. The van der Waals surface area contributed by atoms with Gasteiger partial charge in [-0.1, -0.05) is 40.9 Å². The number of rotatable bonds is 6. The Morgan fingerprint density at radius 3 is 2.50 bits per heavy atom. The standard InChI is InChI=1S/C18H22Cl3N5O.HI/c1-11-13(19)5-4-6-15(11)25-16(27)7-8-23-18(22-2)24-10-12-9-14(20)17(21)26(12)3;/h4-6,9H,7-8,10H2,1-3H3,(H,25,27)(H2,22,23,24);1H. The molecular weight excluding hydrogens is 535 g/mol. The van der Waals surface area contributed by atoms with Crippen molar-refractivity contribution in [3.8, 4) is 0 Å². The number of hydrogen-bond donors (Lipinski definition) is 3. The Morgan fingerprint density at radius 1 is 1.18 bits per heavy atom. The smallest absolute Gasteiger partial charge is 0.226 e. The van der Waals surface area contributed by atoms with Gasteiger partial charge >= 0.3 is 0 Å². The number of halogens is 4. The molecule has 0 unspecified atom stereocenters. The first-order valence-electron chi connectivity index (χ1n) is 8.32. The third kappa shape index (κ3) is 6.72. The highest BCUT2D eigenvalue weighted by molar-refractivity contribution is 14.0. The van der Waals surface area contributed by atoms with Gasteiger partial charge in [-0.15, -0.1) is 24.0 Å². The highest BCUT2D eigenvalue weighted by Crippen LogP contribution is 2.25. The lowest BCUT2D eigenvalue weighted by molar-refractivity contribution is -0.116. The fraction of sp³-hybridized carbons (Fsp3) is 0.333. The van der Waals surface area contributed by atoms with Gasteiger partial charge in [-0.05, 0) is 30.7 Å². The first kappa shape index (κ1) is 24.9. The van der Waals surface area contributed by atoms with Gasteiger partial charge in [-0.2, -0.15) is 0 Å². The summed E-state index contributed by atoms with van der Waals surface area (Å²) in [5.74, 6) is 0.472. The van der Waals surface area contributed by atoms with Crippen LogP contribution in [0.2, 0.25) is 15.2 Å². The second-order valence-electron chi connectivity index (χ2n) is 5.90. The molecule has 0 fully saturated rings. The number of aromatic nitrogens is 1. The molecule has 2 aromatic rings. The summed E-state index contributed by atoms with van der Waals surface area (Å²) in [6.07, 6.45) is 0.286. The normalized spacial score (nSPS) is 11.0. The summed E-state index contributed by atoms with van der Waals surface area (Å²) >= 11 is 18.1. The average molecular weight is 559 g/mol. The number of aliphatic imine (C=N–C) groups is 1. The molecule has 1 aromatic heterocycles. The van der Waals surface area contributed by atoms with Crippen molar-refractivity contribution in [2.24, 2.45) is 12.0 Å². The van der Waals surface area contributed by atoms with E-state index >= 15 is 0 Å². The molecule has 0 bridgehead atoms. The number of guanidine groups is 1. The van der Waals surface area contributed by atoms with Gasteiger partial charge < -0.3 is 20.5 Å². The minimum Gasteiger partial charge on any atom is -0.356 e. The molecule has 0 aliphatic heterocycles. The summed E-state index contributed by atoms with van der Waals surface area (Å²) in [5, 5.41) is 10.7. The van der Waals surface area contributed by atoms with Crippen LogP contribution in [0.1, 0.15) is 17.7 Å². The molecule has 1 amide bonds. The molecule has 0 spiro atoms. The SMILES string of the molecule is CN=C(NCCC(=O)Nc1cccc(Cl)c1C)NCc1cc(Cl)c(Cl)n1C.I. The Morgan fingerprint density at radius 2 is 1.89 bits per heavy atom. The first-order chi connectivity index (χ1) is 12.8. The molecule has 0 aliphatic rings. The van der Waals surface area contributed by atoms with Crippen molar-refractivity contribution >= 4 is 76.3 Å². The van der Waals surface area contributed by atoms with Crippen LogP contribution in [-0.4, -0.2) is 30.0 Å². The number of anilines is 1. The van der Waals surface area contributed by atoms with E-state index in [0.717, 1.165) is 11.3 Å². The number of carbonyl (C=O) groups excluding carboxylic acids is 1. The molecule has 10 heteroatoms. The van der Waals surface area contributed by atoms with Crippen molar-refractivity contribution in [3.05, 3.63) is 50.7 Å². The summed E-state index contributed by atoms with van der Waals surface area (Å²) in [7, 11) is 3.50. The maximum atomic E-state index is 12.1. The Balaban J connectivity index is 0.00000392. The van der Waals surface area contributed by atoms with Crippen molar-refractivity contribution in [1.82, 2.24) is 15.2 Å². The number of carbonyl (C=O) groups is 1. The van der Waals surface area contributed by atoms with Crippen LogP contribution in [0.3, 0.4) is 0 Å². The largest absolute Gasteiger partial charge is 0.356 e. The zero-order valence-electron chi connectivity index (χ0n) is 15.8. The third-order valence-electron chi connectivity index (χ3n) is 4.06. The average Bonchev–Trinajstić information content (AvgIpc) is 2.88. The lowest BCUT2D eigenvalue weighted by Gasteiger charge is -2.13. The van der Waals surface area contributed by atoms with E-state index in [0.29, 0.717) is 39.9 Å². The summed E-state index contributed by atoms with van der Waals surface area (Å²) in [6.45, 7) is 2.79. The van der Waals surface area contributed by atoms with E-state index in [4.69, 9.17) is 34.8 Å². The Hall–Kier alpha value is -1.16. The molecule has 1 aromatic carbocycles. The van der Waals surface area contributed by atoms with Crippen LogP contribution in [0.25, 0.3) is 0 Å². The van der Waals surface area contributed by atoms with Crippen molar-refractivity contribution in [2.45, 2.75) is 19.9 Å². The van der Waals surface area contributed by atoms with Crippen LogP contribution in [-0.2, 0) is 18.4 Å². The first-order valence-corrected chi connectivity index (χ1v) is 9.46. The van der Waals surface area contributed by atoms with Gasteiger partial charge in [-0.3, -0.25) is 9.79 Å². The quantitative estimate of drug-likeness (QED) is 0.276. The molecular formula is C18H23Cl3IN5O. The van der Waals surface area contributed by atoms with Gasteiger partial charge in [0.05, 0.1) is 11.6 Å². The number of nitrogens with one attached hydrogen (secondary N) is 3. The van der Waals surface area contributed by atoms with E-state index < -0.39 is 0 Å². The highest BCUT2D eigenvalue weighted by atomic mass is 127. The molecule has 0 atom stereocenters. The van der Waals surface area contributed by atoms with E-state index in [-0.39, 0.29) is 36.3 Å². The maximum absolute atomic E-state index is 12.1. The molecule has 154 valence electrons. The molecule has 28 heavy (non-hydrogen) atoms. The fourth-order valence-electron chi connectivity index (χ4n) is 2.40. The second kappa shape index (κ2) is 11.7. The fourth-order valence-corrected chi connectivity index (χ4v) is 2.99. The lowest BCUT2D eigenvalue weighted by Crippen LogP contribution is -2.38. The zero-order valence-corrected chi connectivity index (χ0v) is 20.4. The van der Waals surface area contributed by atoms with E-state index in [9.17, 15) is 4.79 Å². The monoisotopic (exact) mass is 557 g/mol. The summed E-state index contributed by atoms with van der Waals surface area (Å²) in [6, 6.07) is 7.21. The van der Waals surface area contributed by atoms with Crippen molar-refractivity contribution in [3.63, 3.8) is 0 Å². The summed E-state index contributed by atoms with van der Waals surface area (Å²) < 4.78 is 1.80. The van der Waals surface area contributed by atoms with Gasteiger partial charge in [0.15, 0.2) is 5.96 Å². The predicted molar refractivity (Wildman–Crippen MR) is 128 cm³/mol. The van der Waals surface area contributed by atoms with E-state index in [2.05, 4.69) is 20.9 Å². The van der Waals surface area contributed by atoms with Crippen LogP contribution in [0.5, 0.6) is 0 Å². The summed E-state index contributed by atoms with van der Waals surface area (Å²) in [4.78, 5) is 16.3. The predicted octanol–water partition coefficient (Wildman–Crippen LogP) is 4.61. The molecule has 0 aliphatic carbocycles. The minimum absolute atomic E-state index is 0. The van der Waals surface area contributed by atoms with Gasteiger partial charge in [0.25, 0.3) is 0 Å². The van der Waals surface area contributed by atoms with Gasteiger partial charge in [0, 0.05) is 43.5 Å². The molecule has 1 heterocycles. The highest BCUT2D eigenvalue weighted by Gasteiger charge is 2.10. The van der Waals surface area contributed by atoms with Crippen molar-refractivity contribution in [1.29, 1.82) is 0 Å². The Kier molecular flexibility index (Phi) is 10.4. The number of amides is 1. The Labute approximate surface area is 197 Å². The van der Waals surface area contributed by atoms with Crippen molar-refractivity contribution in [2.75, 3.05) is 18.9 Å². The summed E-state index contributed by atoms with van der Waals surface area (Å²) in [5.41, 5.74) is 2.48. The second-order valence-corrected chi connectivity index (χ2v) is 7.07. The Bertz CT molecular complexity index is 854. The van der Waals surface area contributed by atoms with Gasteiger partial charge in [0.2, 0.25) is 5.91 Å². The van der Waals surface area contributed by atoms with Crippen molar-refractivity contribution < 1.29 is 4.79 Å². The van der Waals surface area contributed by atoms with Gasteiger partial charge in [0.1, 0.15) is 5.15 Å². The number of nitrogens with zero attached hydrogens (tertiary/aromatic N) is 2. The molecule has 3 N–H and O–H groups in total. The van der Waals surface area contributed by atoms with Crippen LogP contribution < -0.4 is 16.0 Å². The minimum atomic E-state index is -0.107. The zero-order chi connectivity index (χ0) is 20.0. The van der Waals surface area contributed by atoms with Crippen LogP contribution in [0, 0.1) is 6.92 Å². The van der Waals surface area contributed by atoms with E-state index in [1.165, 1.54) is 0 Å². The van der Waals surface area contributed by atoms with E-state index in [1.54, 1.807) is 29.8 Å². The maximum Gasteiger partial charge on any atom is 0.226 e. The molecule has 2 rings (SSSR count). The lowest BCUT2D eigenvalue weighted by atomic mass is 10.2. The topological polar surface area (TPSA) is 70.4 Å². The number of hydrogen-bond acceptors (Lipinski definition) is 2. The molecule has 0 saturated carbocycles. The number of benzene rings is 1. The van der Waals surface area contributed by atoms with Crippen LogP contribution in [0.15, 0.2) is 29.3 Å². The molecule has 0 radical (unpaired) electrons. The molecule has 6 nitrogen and oxygen atoms in total.